The van der Waals surface area contributed by atoms with Crippen LogP contribution in [0, 0.1) is 0 Å². The van der Waals surface area contributed by atoms with Crippen molar-refractivity contribution in [2.24, 2.45) is 0 Å². The van der Waals surface area contributed by atoms with Gasteiger partial charge in [0.1, 0.15) is 0 Å². The summed E-state index contributed by atoms with van der Waals surface area (Å²) in [7, 11) is 0. The van der Waals surface area contributed by atoms with Gasteiger partial charge in [0.15, 0.2) is 0 Å². The fraction of sp³-hybridized carbons (Fsp3) is 0.692. The van der Waals surface area contributed by atoms with Crippen molar-refractivity contribution < 1.29 is 4.74 Å². The van der Waals surface area contributed by atoms with E-state index in [4.69, 9.17) is 4.74 Å². The molecule has 2 heterocycles. The normalized spacial score (nSPS) is 23.6. The van der Waals surface area contributed by atoms with E-state index >= 15 is 0 Å². The van der Waals surface area contributed by atoms with Crippen molar-refractivity contribution in [1.82, 2.24) is 0 Å². The van der Waals surface area contributed by atoms with Crippen LogP contribution in [0.3, 0.4) is 0 Å². The number of thiophene rings is 1. The molecule has 1 fully saturated rings. The Morgan fingerprint density at radius 2 is 2.19 bits per heavy atom. The van der Waals surface area contributed by atoms with Crippen LogP contribution in [0.2, 0.25) is 0 Å². The van der Waals surface area contributed by atoms with E-state index in [0.717, 1.165) is 6.61 Å². The molecule has 1 aromatic heterocycles. The van der Waals surface area contributed by atoms with Crippen molar-refractivity contribution in [3.63, 3.8) is 0 Å². The third kappa shape index (κ3) is 2.69. The molecule has 3 heteroatoms. The summed E-state index contributed by atoms with van der Waals surface area (Å²) in [6.07, 6.45) is 2.75. The van der Waals surface area contributed by atoms with Gasteiger partial charge in [0.25, 0.3) is 0 Å². The molecule has 0 aromatic carbocycles. The largest absolute Gasteiger partial charge is 0.377 e. The van der Waals surface area contributed by atoms with Gasteiger partial charge in [0.05, 0.1) is 10.9 Å². The summed E-state index contributed by atoms with van der Waals surface area (Å²) in [6.45, 7) is 7.71. The van der Waals surface area contributed by atoms with E-state index in [1.54, 1.807) is 0 Å². The predicted molar refractivity (Wildman–Crippen MR) is 73.7 cm³/mol. The average Bonchev–Trinajstić information content (AvgIpc) is 2.87. The van der Waals surface area contributed by atoms with Crippen molar-refractivity contribution in [3.05, 3.63) is 21.9 Å². The van der Waals surface area contributed by atoms with E-state index in [9.17, 15) is 0 Å². The number of halogens is 1. The van der Waals surface area contributed by atoms with E-state index in [2.05, 4.69) is 48.8 Å². The quantitative estimate of drug-likeness (QED) is 0.722. The van der Waals surface area contributed by atoms with Gasteiger partial charge in [-0.05, 0) is 30.4 Å². The number of rotatable bonds is 2. The molecule has 1 aliphatic rings. The van der Waals surface area contributed by atoms with Crippen molar-refractivity contribution in [3.8, 4) is 0 Å². The molecule has 0 aliphatic carbocycles. The van der Waals surface area contributed by atoms with Crippen LogP contribution in [0.1, 0.15) is 48.2 Å². The summed E-state index contributed by atoms with van der Waals surface area (Å²) >= 11 is 5.69. The zero-order valence-electron chi connectivity index (χ0n) is 10.1. The third-order valence-corrected chi connectivity index (χ3v) is 5.91. The highest BCUT2D eigenvalue weighted by molar-refractivity contribution is 9.09. The zero-order chi connectivity index (χ0) is 11.8. The molecule has 0 bridgehead atoms. The second kappa shape index (κ2) is 4.79. The average molecular weight is 303 g/mol. The van der Waals surface area contributed by atoms with E-state index in [0.29, 0.717) is 10.9 Å². The monoisotopic (exact) mass is 302 g/mol. The van der Waals surface area contributed by atoms with E-state index in [1.165, 1.54) is 22.6 Å². The summed E-state index contributed by atoms with van der Waals surface area (Å²) in [4.78, 5) is 3.22. The molecule has 90 valence electrons. The molecule has 2 unspecified atom stereocenters. The van der Waals surface area contributed by atoms with Gasteiger partial charge in [-0.15, -0.1) is 11.3 Å². The molecule has 0 radical (unpaired) electrons. The minimum atomic E-state index is 0.256. The first-order valence-corrected chi connectivity index (χ1v) is 7.57. The Hall–Kier alpha value is 0.140. The smallest absolute Gasteiger partial charge is 0.0750 e. The molecule has 0 amide bonds. The van der Waals surface area contributed by atoms with Crippen LogP contribution in [0.15, 0.2) is 12.1 Å². The van der Waals surface area contributed by atoms with Crippen molar-refractivity contribution >= 4 is 27.3 Å². The van der Waals surface area contributed by atoms with Gasteiger partial charge in [0, 0.05) is 16.4 Å². The first-order chi connectivity index (χ1) is 7.48. The summed E-state index contributed by atoms with van der Waals surface area (Å²) < 4.78 is 5.72. The van der Waals surface area contributed by atoms with E-state index < -0.39 is 0 Å². The minimum Gasteiger partial charge on any atom is -0.377 e. The maximum Gasteiger partial charge on any atom is 0.0750 e. The van der Waals surface area contributed by atoms with Gasteiger partial charge < -0.3 is 4.74 Å². The lowest BCUT2D eigenvalue weighted by Gasteiger charge is -2.17. The fourth-order valence-corrected chi connectivity index (χ4v) is 3.87. The first-order valence-electron chi connectivity index (χ1n) is 5.84. The van der Waals surface area contributed by atoms with Gasteiger partial charge in [-0.3, -0.25) is 0 Å². The summed E-state index contributed by atoms with van der Waals surface area (Å²) in [5.74, 6) is 0. The number of hydrogen-bond donors (Lipinski definition) is 0. The summed E-state index contributed by atoms with van der Waals surface area (Å²) in [6, 6.07) is 4.50. The Kier molecular flexibility index (Phi) is 3.77. The highest BCUT2D eigenvalue weighted by atomic mass is 79.9. The van der Waals surface area contributed by atoms with E-state index in [1.807, 2.05) is 11.3 Å². The fourth-order valence-electron chi connectivity index (χ4n) is 1.92. The van der Waals surface area contributed by atoms with Gasteiger partial charge in [-0.25, -0.2) is 0 Å². The molecule has 1 aromatic rings. The Bertz CT molecular complexity index is 347. The van der Waals surface area contributed by atoms with Crippen LogP contribution in [-0.4, -0.2) is 12.7 Å². The standard InChI is InChI=1S/C13H19BrOS/c1-13(2,3)11-7-6-10(16-11)12(14)9-5-4-8-15-9/h6-7,9,12H,4-5,8H2,1-3H3. The van der Waals surface area contributed by atoms with Crippen LogP contribution in [-0.2, 0) is 10.2 Å². The lowest BCUT2D eigenvalue weighted by Crippen LogP contribution is -2.11. The third-order valence-electron chi connectivity index (χ3n) is 2.93. The second-order valence-corrected chi connectivity index (χ2v) is 7.51. The molecule has 1 aliphatic heterocycles. The topological polar surface area (TPSA) is 9.23 Å². The Balaban J connectivity index is 2.12. The minimum absolute atomic E-state index is 0.256. The van der Waals surface area contributed by atoms with Crippen molar-refractivity contribution in [2.45, 2.75) is 50.0 Å². The molecule has 16 heavy (non-hydrogen) atoms. The molecular weight excluding hydrogens is 284 g/mol. The number of alkyl halides is 1. The number of hydrogen-bond acceptors (Lipinski definition) is 2. The second-order valence-electron chi connectivity index (χ2n) is 5.41. The Morgan fingerprint density at radius 1 is 1.44 bits per heavy atom. The predicted octanol–water partition coefficient (Wildman–Crippen LogP) is 4.66. The lowest BCUT2D eigenvalue weighted by atomic mass is 9.95. The van der Waals surface area contributed by atoms with Gasteiger partial charge in [0.2, 0.25) is 0 Å². The highest BCUT2D eigenvalue weighted by Crippen LogP contribution is 2.40. The van der Waals surface area contributed by atoms with Gasteiger partial charge in [-0.1, -0.05) is 36.7 Å². The molecule has 0 saturated carbocycles. The number of ether oxygens (including phenoxy) is 1. The maximum absolute atomic E-state index is 5.72. The molecule has 0 spiro atoms. The maximum atomic E-state index is 5.72. The molecular formula is C13H19BrOS. The summed E-state index contributed by atoms with van der Waals surface area (Å²) in [5, 5.41) is 0. The Labute approximate surface area is 110 Å². The SMILES string of the molecule is CC(C)(C)c1ccc(C(Br)C2CCCO2)s1. The van der Waals surface area contributed by atoms with Gasteiger partial charge >= 0.3 is 0 Å². The molecule has 0 N–H and O–H groups in total. The lowest BCUT2D eigenvalue weighted by molar-refractivity contribution is 0.111. The van der Waals surface area contributed by atoms with Crippen LogP contribution in [0.25, 0.3) is 0 Å². The van der Waals surface area contributed by atoms with Gasteiger partial charge in [-0.2, -0.15) is 0 Å². The van der Waals surface area contributed by atoms with E-state index in [-0.39, 0.29) is 5.41 Å². The molecule has 2 atom stereocenters. The van der Waals surface area contributed by atoms with Crippen LogP contribution >= 0.6 is 27.3 Å². The molecule has 1 saturated heterocycles. The Morgan fingerprint density at radius 3 is 2.69 bits per heavy atom. The molecule has 1 nitrogen and oxygen atoms in total. The zero-order valence-corrected chi connectivity index (χ0v) is 12.5. The van der Waals surface area contributed by atoms with Crippen LogP contribution < -0.4 is 0 Å². The van der Waals surface area contributed by atoms with Crippen LogP contribution in [0.4, 0.5) is 0 Å². The van der Waals surface area contributed by atoms with Crippen molar-refractivity contribution in [2.75, 3.05) is 6.61 Å². The summed E-state index contributed by atoms with van der Waals surface area (Å²) in [5.41, 5.74) is 0.256. The first kappa shape index (κ1) is 12.6. The molecule has 2 rings (SSSR count). The van der Waals surface area contributed by atoms with Crippen LogP contribution in [0.5, 0.6) is 0 Å². The van der Waals surface area contributed by atoms with Crippen molar-refractivity contribution in [1.29, 1.82) is 0 Å². The highest BCUT2D eigenvalue weighted by Gasteiger charge is 2.27.